The zero-order chi connectivity index (χ0) is 6.10. The summed E-state index contributed by atoms with van der Waals surface area (Å²) >= 11 is 0. The summed E-state index contributed by atoms with van der Waals surface area (Å²) in [7, 11) is 0. The van der Waals surface area contributed by atoms with Crippen molar-refractivity contribution in [3.05, 3.63) is 35.7 Å². The number of rotatable bonds is 0. The Kier molecular flexibility index (Phi) is 0.803. The predicted molar refractivity (Wildman–Crippen MR) is 35.9 cm³/mol. The Hall–Kier alpha value is -1.31. The third kappa shape index (κ3) is 0.598. The van der Waals surface area contributed by atoms with Crippen LogP contribution in [0.2, 0.25) is 0 Å². The van der Waals surface area contributed by atoms with Gasteiger partial charge in [0.25, 0.3) is 0 Å². The minimum atomic E-state index is 1.02. The van der Waals surface area contributed by atoms with E-state index in [2.05, 4.69) is 10.3 Å². The summed E-state index contributed by atoms with van der Waals surface area (Å²) in [5, 5.41) is 4.03. The molecule has 0 amide bonds. The lowest BCUT2D eigenvalue weighted by Crippen LogP contribution is -2.04. The topological polar surface area (TPSA) is 26.5 Å². The third-order valence-electron chi connectivity index (χ3n) is 1.30. The molecule has 0 bridgehead atoms. The molecule has 2 nitrogen and oxygen atoms in total. The fraction of sp³-hybridized carbons (Fsp3) is 0. The number of aliphatic imine (C=N–C) groups is 1. The maximum absolute atomic E-state index is 4.03. The van der Waals surface area contributed by atoms with Crippen LogP contribution in [0.5, 0.6) is 0 Å². The Labute approximate surface area is 53.3 Å². The van der Waals surface area contributed by atoms with Gasteiger partial charge >= 0.3 is 0 Å². The molecule has 9 heavy (non-hydrogen) atoms. The normalized spacial score (nSPS) is 20.4. The monoisotopic (exact) mass is 117 g/mol. The molecule has 0 unspecified atom stereocenters. The Morgan fingerprint density at radius 3 is 3.22 bits per heavy atom. The molecule has 2 heteroatoms. The van der Waals surface area contributed by atoms with Crippen LogP contribution in [0.25, 0.3) is 0 Å². The summed E-state index contributed by atoms with van der Waals surface area (Å²) in [6.07, 6.45) is 9.30. The summed E-state index contributed by atoms with van der Waals surface area (Å²) < 4.78 is 0. The summed E-state index contributed by atoms with van der Waals surface area (Å²) in [4.78, 5) is 3.87. The van der Waals surface area contributed by atoms with Crippen LogP contribution in [-0.2, 0) is 0 Å². The minimum Gasteiger partial charge on any atom is -0.244 e. The predicted octanol–water partition coefficient (Wildman–Crippen LogP) is 0.970. The van der Waals surface area contributed by atoms with Crippen LogP contribution < -0.4 is 5.32 Å². The van der Waals surface area contributed by atoms with E-state index >= 15 is 0 Å². The highest BCUT2D eigenvalue weighted by Crippen LogP contribution is 2.17. The second kappa shape index (κ2) is 1.58. The smallest absolute Gasteiger partial charge is 0.116 e. The molecule has 0 fully saturated rings. The van der Waals surface area contributed by atoms with Gasteiger partial charge in [0.1, 0.15) is 6.34 Å². The van der Waals surface area contributed by atoms with Crippen LogP contribution in [0, 0.1) is 0 Å². The van der Waals surface area contributed by atoms with Crippen LogP contribution in [0.4, 0.5) is 0 Å². The van der Waals surface area contributed by atoms with Gasteiger partial charge in [0, 0.05) is 11.8 Å². The van der Waals surface area contributed by atoms with Gasteiger partial charge < -0.3 is 0 Å². The number of allylic oxidation sites excluding steroid dienone is 3. The number of fused-ring (bicyclic) bond motifs is 1. The molecule has 0 saturated carbocycles. The number of hydrogen-bond donors (Lipinski definition) is 0. The van der Waals surface area contributed by atoms with Crippen LogP contribution in [-0.4, -0.2) is 6.34 Å². The maximum atomic E-state index is 4.03. The largest absolute Gasteiger partial charge is 0.244 e. The van der Waals surface area contributed by atoms with Crippen molar-refractivity contribution in [2.75, 3.05) is 0 Å². The van der Waals surface area contributed by atoms with E-state index in [9.17, 15) is 0 Å². The molecule has 1 radical (unpaired) electrons. The zero-order valence-corrected chi connectivity index (χ0v) is 4.78. The molecule has 0 aromatic carbocycles. The molecule has 1 heterocycles. The van der Waals surface area contributed by atoms with Gasteiger partial charge in [-0.2, -0.15) is 0 Å². The molecule has 0 N–H and O–H groups in total. The van der Waals surface area contributed by atoms with E-state index in [4.69, 9.17) is 0 Å². The van der Waals surface area contributed by atoms with Crippen molar-refractivity contribution < 1.29 is 0 Å². The van der Waals surface area contributed by atoms with Crippen LogP contribution in [0.3, 0.4) is 0 Å². The standard InChI is InChI=1S/C7H5N2/c1-2-6-4-8-5-9-7(6)3-1/h1-5H. The van der Waals surface area contributed by atoms with Crippen molar-refractivity contribution in [2.45, 2.75) is 0 Å². The molecule has 0 aromatic rings. The van der Waals surface area contributed by atoms with Crippen molar-refractivity contribution in [2.24, 2.45) is 4.99 Å². The lowest BCUT2D eigenvalue weighted by atomic mass is 10.2. The van der Waals surface area contributed by atoms with E-state index < -0.39 is 0 Å². The van der Waals surface area contributed by atoms with Gasteiger partial charge in [0.15, 0.2) is 0 Å². The SMILES string of the molecule is C1=CC2=CN=C[N]C2=C1. The molecule has 0 spiro atoms. The van der Waals surface area contributed by atoms with E-state index in [-0.39, 0.29) is 0 Å². The van der Waals surface area contributed by atoms with Gasteiger partial charge in [-0.25, -0.2) is 10.3 Å². The molecular weight excluding hydrogens is 112 g/mol. The summed E-state index contributed by atoms with van der Waals surface area (Å²) in [5.41, 5.74) is 2.13. The van der Waals surface area contributed by atoms with Gasteiger partial charge in [-0.3, -0.25) is 0 Å². The number of nitrogens with zero attached hydrogens (tertiary/aromatic N) is 2. The third-order valence-corrected chi connectivity index (χ3v) is 1.30. The summed E-state index contributed by atoms with van der Waals surface area (Å²) in [6, 6.07) is 0. The zero-order valence-electron chi connectivity index (χ0n) is 4.78. The van der Waals surface area contributed by atoms with Gasteiger partial charge in [-0.15, -0.1) is 0 Å². The molecule has 2 rings (SSSR count). The minimum absolute atomic E-state index is 1.02. The van der Waals surface area contributed by atoms with Gasteiger partial charge in [0.05, 0.1) is 5.70 Å². The van der Waals surface area contributed by atoms with Gasteiger partial charge in [-0.05, 0) is 6.08 Å². The lowest BCUT2D eigenvalue weighted by Gasteiger charge is -2.02. The Balaban J connectivity index is 2.46. The number of hydrogen-bond acceptors (Lipinski definition) is 1. The van der Waals surface area contributed by atoms with Crippen molar-refractivity contribution in [1.82, 2.24) is 5.32 Å². The van der Waals surface area contributed by atoms with Gasteiger partial charge in [-0.1, -0.05) is 12.2 Å². The van der Waals surface area contributed by atoms with Crippen LogP contribution in [0.15, 0.2) is 40.7 Å². The lowest BCUT2D eigenvalue weighted by molar-refractivity contribution is 1.13. The molecule has 0 saturated heterocycles. The Morgan fingerprint density at radius 1 is 1.33 bits per heavy atom. The quantitative estimate of drug-likeness (QED) is 0.452. The van der Waals surface area contributed by atoms with E-state index in [0.29, 0.717) is 0 Å². The second-order valence-electron chi connectivity index (χ2n) is 1.89. The maximum Gasteiger partial charge on any atom is 0.116 e. The first-order valence-electron chi connectivity index (χ1n) is 2.78. The molecule has 1 aliphatic carbocycles. The van der Waals surface area contributed by atoms with E-state index in [1.807, 2.05) is 24.4 Å². The average molecular weight is 117 g/mol. The summed E-state index contributed by atoms with van der Waals surface area (Å²) in [6.45, 7) is 0. The van der Waals surface area contributed by atoms with Crippen molar-refractivity contribution in [3.8, 4) is 0 Å². The Morgan fingerprint density at radius 2 is 2.33 bits per heavy atom. The van der Waals surface area contributed by atoms with Crippen molar-refractivity contribution >= 4 is 6.34 Å². The van der Waals surface area contributed by atoms with E-state index in [1.54, 1.807) is 6.34 Å². The van der Waals surface area contributed by atoms with Crippen LogP contribution >= 0.6 is 0 Å². The highest BCUT2D eigenvalue weighted by molar-refractivity contribution is 5.66. The Bertz CT molecular complexity index is 244. The molecule has 43 valence electrons. The van der Waals surface area contributed by atoms with E-state index in [0.717, 1.165) is 11.3 Å². The van der Waals surface area contributed by atoms with E-state index in [1.165, 1.54) is 0 Å². The van der Waals surface area contributed by atoms with Crippen molar-refractivity contribution in [1.29, 1.82) is 0 Å². The fourth-order valence-electron chi connectivity index (χ4n) is 0.860. The molecule has 0 aromatic heterocycles. The molecule has 1 aliphatic heterocycles. The molecule has 2 aliphatic rings. The first-order chi connectivity index (χ1) is 4.47. The first kappa shape index (κ1) is 4.56. The molecule has 0 atom stereocenters. The highest BCUT2D eigenvalue weighted by atomic mass is 15.0. The first-order valence-corrected chi connectivity index (χ1v) is 2.78. The highest BCUT2D eigenvalue weighted by Gasteiger charge is 2.07. The molecular formula is C7H5N2. The average Bonchev–Trinajstić information content (AvgIpc) is 2.33. The summed E-state index contributed by atoms with van der Waals surface area (Å²) in [5.74, 6) is 0. The van der Waals surface area contributed by atoms with Gasteiger partial charge in [0.2, 0.25) is 0 Å². The van der Waals surface area contributed by atoms with Crippen LogP contribution in [0.1, 0.15) is 0 Å². The fourth-order valence-corrected chi connectivity index (χ4v) is 0.860. The van der Waals surface area contributed by atoms with Crippen molar-refractivity contribution in [3.63, 3.8) is 0 Å². The second-order valence-corrected chi connectivity index (χ2v) is 1.89.